The average molecular weight is 523 g/mol. The molecule has 2 aromatic rings. The van der Waals surface area contributed by atoms with Crippen LogP contribution in [0.1, 0.15) is 15.9 Å². The predicted molar refractivity (Wildman–Crippen MR) is 129 cm³/mol. The number of aliphatic carboxylic acids is 1. The first kappa shape index (κ1) is 24.2. The fourth-order valence-electron chi connectivity index (χ4n) is 3.80. The first-order valence-electron chi connectivity index (χ1n) is 10.3. The molecule has 12 heteroatoms. The Hall–Kier alpha value is -2.95. The molecule has 9 nitrogen and oxygen atoms in total. The van der Waals surface area contributed by atoms with Crippen LogP contribution in [0.2, 0.25) is 10.0 Å². The number of nitrogens with one attached hydrogen (secondary N) is 3. The van der Waals surface area contributed by atoms with Gasteiger partial charge in [0, 0.05) is 24.4 Å². The molecule has 0 spiro atoms. The number of urea groups is 1. The number of thioether (sulfide) groups is 1. The summed E-state index contributed by atoms with van der Waals surface area (Å²) in [4.78, 5) is 50.5. The van der Waals surface area contributed by atoms with Crippen molar-refractivity contribution in [3.05, 3.63) is 63.6 Å². The van der Waals surface area contributed by atoms with Crippen molar-refractivity contribution in [2.75, 3.05) is 17.6 Å². The van der Waals surface area contributed by atoms with Crippen molar-refractivity contribution in [3.63, 3.8) is 0 Å². The Balaban J connectivity index is 1.39. The lowest BCUT2D eigenvalue weighted by molar-refractivity contribution is -0.142. The third-order valence-electron chi connectivity index (χ3n) is 5.51. The van der Waals surface area contributed by atoms with E-state index in [0.29, 0.717) is 23.5 Å². The molecule has 4 N–H and O–H groups in total. The van der Waals surface area contributed by atoms with Gasteiger partial charge in [0.15, 0.2) is 0 Å². The van der Waals surface area contributed by atoms with Crippen LogP contribution in [0.3, 0.4) is 0 Å². The van der Waals surface area contributed by atoms with E-state index in [1.165, 1.54) is 16.7 Å². The minimum Gasteiger partial charge on any atom is -0.480 e. The maximum Gasteiger partial charge on any atom is 0.326 e. The molecule has 34 heavy (non-hydrogen) atoms. The van der Waals surface area contributed by atoms with Gasteiger partial charge in [0.05, 0.1) is 21.0 Å². The van der Waals surface area contributed by atoms with Crippen molar-refractivity contribution in [3.8, 4) is 0 Å². The standard InChI is InChI=1S/C22H20Cl2N4O5S/c23-13-2-1-3-14(24)18(13)20(30)26-12-6-4-11(5-7-12)8-15(21(31)32)27-19(29)16-10-34-17-9-25-22(33)28(16)17/h1-7,15-17H,8-10H2,(H,25,33)(H,26,30)(H,27,29)(H,31,32)/t15-,16?,17+/m0/s1. The summed E-state index contributed by atoms with van der Waals surface area (Å²) >= 11 is 13.6. The van der Waals surface area contributed by atoms with Crippen molar-refractivity contribution < 1.29 is 24.3 Å². The highest BCUT2D eigenvalue weighted by molar-refractivity contribution is 8.00. The summed E-state index contributed by atoms with van der Waals surface area (Å²) in [5.74, 6) is -1.75. The molecule has 178 valence electrons. The van der Waals surface area contributed by atoms with Gasteiger partial charge in [0.2, 0.25) is 5.91 Å². The van der Waals surface area contributed by atoms with Gasteiger partial charge in [-0.1, -0.05) is 41.4 Å². The number of benzene rings is 2. The Morgan fingerprint density at radius 1 is 1.15 bits per heavy atom. The topological polar surface area (TPSA) is 128 Å². The Morgan fingerprint density at radius 3 is 2.47 bits per heavy atom. The van der Waals surface area contributed by atoms with Gasteiger partial charge in [-0.05, 0) is 29.8 Å². The number of amides is 4. The van der Waals surface area contributed by atoms with Crippen LogP contribution in [0.5, 0.6) is 0 Å². The smallest absolute Gasteiger partial charge is 0.326 e. The number of nitrogens with zero attached hydrogens (tertiary/aromatic N) is 1. The minimum absolute atomic E-state index is 0.0289. The highest BCUT2D eigenvalue weighted by Crippen LogP contribution is 2.32. The van der Waals surface area contributed by atoms with Crippen LogP contribution < -0.4 is 16.0 Å². The first-order valence-corrected chi connectivity index (χ1v) is 12.1. The molecule has 0 aliphatic carbocycles. The third-order valence-corrected chi connectivity index (χ3v) is 7.43. The second kappa shape index (κ2) is 10.1. The van der Waals surface area contributed by atoms with E-state index in [9.17, 15) is 24.3 Å². The number of hydrogen-bond acceptors (Lipinski definition) is 5. The summed E-state index contributed by atoms with van der Waals surface area (Å²) in [6.07, 6.45) is 0.0289. The number of hydrogen-bond donors (Lipinski definition) is 4. The monoisotopic (exact) mass is 522 g/mol. The second-order valence-electron chi connectivity index (χ2n) is 7.75. The van der Waals surface area contributed by atoms with E-state index in [1.54, 1.807) is 42.5 Å². The Bertz CT molecular complexity index is 1130. The van der Waals surface area contributed by atoms with E-state index in [0.717, 1.165) is 0 Å². The summed E-state index contributed by atoms with van der Waals surface area (Å²) in [7, 11) is 0. The van der Waals surface area contributed by atoms with E-state index >= 15 is 0 Å². The molecule has 0 aromatic heterocycles. The molecule has 0 saturated carbocycles. The van der Waals surface area contributed by atoms with Crippen LogP contribution in [0.25, 0.3) is 0 Å². The normalized spacial score (nSPS) is 19.8. The molecule has 4 amide bonds. The molecule has 2 heterocycles. The average Bonchev–Trinajstić information content (AvgIpc) is 3.37. The quantitative estimate of drug-likeness (QED) is 0.442. The van der Waals surface area contributed by atoms with Crippen LogP contribution in [0.15, 0.2) is 42.5 Å². The Labute approximate surface area is 209 Å². The largest absolute Gasteiger partial charge is 0.480 e. The van der Waals surface area contributed by atoms with Crippen molar-refractivity contribution >= 4 is 64.5 Å². The molecule has 2 aliphatic rings. The molecule has 3 atom stereocenters. The second-order valence-corrected chi connectivity index (χ2v) is 9.77. The molecule has 0 radical (unpaired) electrons. The van der Waals surface area contributed by atoms with E-state index in [-0.39, 0.29) is 33.4 Å². The zero-order valence-corrected chi connectivity index (χ0v) is 19.9. The zero-order chi connectivity index (χ0) is 24.4. The molecular weight excluding hydrogens is 503 g/mol. The summed E-state index contributed by atoms with van der Waals surface area (Å²) in [5.41, 5.74) is 1.26. The summed E-state index contributed by atoms with van der Waals surface area (Å²) in [5, 5.41) is 17.9. The van der Waals surface area contributed by atoms with Gasteiger partial charge in [-0.2, -0.15) is 0 Å². The van der Waals surface area contributed by atoms with Gasteiger partial charge in [-0.15, -0.1) is 11.8 Å². The summed E-state index contributed by atoms with van der Waals surface area (Å²) in [6.45, 7) is 0.460. The van der Waals surface area contributed by atoms with Gasteiger partial charge in [-0.25, -0.2) is 9.59 Å². The van der Waals surface area contributed by atoms with Gasteiger partial charge in [0.1, 0.15) is 12.1 Å². The fourth-order valence-corrected chi connectivity index (χ4v) is 5.69. The number of anilines is 1. The van der Waals surface area contributed by atoms with Crippen molar-refractivity contribution in [1.29, 1.82) is 0 Å². The fraction of sp³-hybridized carbons (Fsp3) is 0.273. The number of carboxylic acid groups (broad SMARTS) is 1. The molecule has 2 fully saturated rings. The maximum atomic E-state index is 12.7. The van der Waals surface area contributed by atoms with Crippen molar-refractivity contribution in [2.24, 2.45) is 0 Å². The summed E-state index contributed by atoms with van der Waals surface area (Å²) in [6, 6.07) is 9.09. The number of fused-ring (bicyclic) bond motifs is 1. The number of rotatable bonds is 7. The minimum atomic E-state index is -1.19. The van der Waals surface area contributed by atoms with Crippen molar-refractivity contribution in [1.82, 2.24) is 15.5 Å². The van der Waals surface area contributed by atoms with Crippen LogP contribution in [-0.4, -0.2) is 63.6 Å². The number of carboxylic acids is 1. The molecule has 2 aliphatic heterocycles. The van der Waals surface area contributed by atoms with E-state index in [1.807, 2.05) is 0 Å². The predicted octanol–water partition coefficient (Wildman–Crippen LogP) is 2.82. The molecule has 1 unspecified atom stereocenters. The SMILES string of the molecule is O=C(Nc1ccc(C[C@H](NC(=O)C2CS[C@@H]3CNC(=O)N23)C(=O)O)cc1)c1c(Cl)cccc1Cl. The lowest BCUT2D eigenvalue weighted by atomic mass is 10.0. The number of carbonyl (C=O) groups excluding carboxylic acids is 3. The van der Waals surface area contributed by atoms with Crippen LogP contribution in [0, 0.1) is 0 Å². The molecule has 4 rings (SSSR count). The van der Waals surface area contributed by atoms with E-state index < -0.39 is 29.9 Å². The summed E-state index contributed by atoms with van der Waals surface area (Å²) < 4.78 is 0. The van der Waals surface area contributed by atoms with Gasteiger partial charge >= 0.3 is 12.0 Å². The van der Waals surface area contributed by atoms with Gasteiger partial charge in [0.25, 0.3) is 5.91 Å². The first-order chi connectivity index (χ1) is 16.2. The van der Waals surface area contributed by atoms with Crippen LogP contribution >= 0.6 is 35.0 Å². The Morgan fingerprint density at radius 2 is 1.82 bits per heavy atom. The molecule has 2 aromatic carbocycles. The lowest BCUT2D eigenvalue weighted by Gasteiger charge is -2.23. The van der Waals surface area contributed by atoms with E-state index in [4.69, 9.17) is 23.2 Å². The lowest BCUT2D eigenvalue weighted by Crippen LogP contribution is -2.52. The number of carbonyl (C=O) groups is 4. The Kier molecular flexibility index (Phi) is 7.20. The van der Waals surface area contributed by atoms with Crippen LogP contribution in [0.4, 0.5) is 10.5 Å². The third kappa shape index (κ3) is 5.08. The van der Waals surface area contributed by atoms with Gasteiger partial charge < -0.3 is 21.1 Å². The van der Waals surface area contributed by atoms with Crippen LogP contribution in [-0.2, 0) is 16.0 Å². The highest BCUT2D eigenvalue weighted by atomic mass is 35.5. The zero-order valence-electron chi connectivity index (χ0n) is 17.6. The molecule has 0 bridgehead atoms. The molecular formula is C22H20Cl2N4O5S. The van der Waals surface area contributed by atoms with Gasteiger partial charge in [-0.3, -0.25) is 14.5 Å². The van der Waals surface area contributed by atoms with Crippen molar-refractivity contribution in [2.45, 2.75) is 23.9 Å². The maximum absolute atomic E-state index is 12.7. The highest BCUT2D eigenvalue weighted by Gasteiger charge is 2.45. The number of halogens is 2. The van der Waals surface area contributed by atoms with E-state index in [2.05, 4.69) is 16.0 Å². The molecule has 2 saturated heterocycles.